The van der Waals surface area contributed by atoms with Gasteiger partial charge in [0, 0.05) is 22.9 Å². The smallest absolute Gasteiger partial charge is 0.130 e. The van der Waals surface area contributed by atoms with E-state index in [2.05, 4.69) is 154 Å². The minimum absolute atomic E-state index is 0.0158. The van der Waals surface area contributed by atoms with Crippen LogP contribution in [-0.2, 0) is 5.41 Å². The molecule has 0 radical (unpaired) electrons. The van der Waals surface area contributed by atoms with Gasteiger partial charge < -0.3 is 10.1 Å². The normalized spacial score (nSPS) is 16.4. The minimum Gasteiger partial charge on any atom is -0.457 e. The number of fused-ring (bicyclic) bond motifs is 6. The summed E-state index contributed by atoms with van der Waals surface area (Å²) in [5, 5.41) is 3.50. The Bertz CT molecular complexity index is 2270. The molecule has 1 N–H and O–H groups in total. The van der Waals surface area contributed by atoms with E-state index in [9.17, 15) is 0 Å². The highest BCUT2D eigenvalue weighted by Crippen LogP contribution is 2.49. The van der Waals surface area contributed by atoms with Crippen molar-refractivity contribution in [2.75, 3.05) is 5.32 Å². The lowest BCUT2D eigenvalue weighted by atomic mass is 9.81. The average molecular weight is 620 g/mol. The predicted molar refractivity (Wildman–Crippen MR) is 202 cm³/mol. The molecule has 0 unspecified atom stereocenters. The highest BCUT2D eigenvalue weighted by Gasteiger charge is 2.35. The van der Waals surface area contributed by atoms with Crippen LogP contribution in [0.25, 0.3) is 50.6 Å². The van der Waals surface area contributed by atoms with E-state index in [-0.39, 0.29) is 5.41 Å². The van der Waals surface area contributed by atoms with Gasteiger partial charge in [-0.1, -0.05) is 129 Å². The second-order valence-electron chi connectivity index (χ2n) is 13.1. The standard InChI is InChI=1S/C46H37NO/c1-31-11-4-9-17-45(31)48-37-12-10-28-47-44-16-8-6-14-40(44)41-29-35(23-22-34(41)24-26-37)32-18-20-33(21-19-32)36-25-27-39-38-13-5-7-15-42(38)46(2,3)43(39)30-36/h4-30,47H,1-3H3/b26-24-,28-10+,37-12+. The zero-order chi connectivity index (χ0) is 32.7. The summed E-state index contributed by atoms with van der Waals surface area (Å²) in [6.45, 7) is 6.74. The van der Waals surface area contributed by atoms with Crippen LogP contribution >= 0.6 is 0 Å². The fourth-order valence-electron chi connectivity index (χ4n) is 7.07. The number of aryl methyl sites for hydroxylation is 1. The minimum atomic E-state index is -0.0158. The van der Waals surface area contributed by atoms with Gasteiger partial charge in [-0.15, -0.1) is 0 Å². The van der Waals surface area contributed by atoms with Crippen LogP contribution in [-0.4, -0.2) is 0 Å². The molecule has 1 aliphatic heterocycles. The number of hydrogen-bond donors (Lipinski definition) is 1. The molecule has 6 aromatic rings. The fourth-order valence-corrected chi connectivity index (χ4v) is 7.07. The van der Waals surface area contributed by atoms with Gasteiger partial charge in [-0.05, 0) is 111 Å². The van der Waals surface area contributed by atoms with Crippen LogP contribution in [0.5, 0.6) is 5.75 Å². The third kappa shape index (κ3) is 5.36. The van der Waals surface area contributed by atoms with Crippen molar-refractivity contribution in [2.45, 2.75) is 26.2 Å². The Hall–Kier alpha value is -5.86. The van der Waals surface area contributed by atoms with Gasteiger partial charge in [0.2, 0.25) is 0 Å². The van der Waals surface area contributed by atoms with Crippen LogP contribution in [0.15, 0.2) is 164 Å². The Morgan fingerprint density at radius 1 is 0.542 bits per heavy atom. The molecule has 8 rings (SSSR count). The van der Waals surface area contributed by atoms with Gasteiger partial charge in [-0.2, -0.15) is 0 Å². The molecule has 0 fully saturated rings. The van der Waals surface area contributed by atoms with E-state index in [4.69, 9.17) is 4.74 Å². The first-order valence-corrected chi connectivity index (χ1v) is 16.6. The van der Waals surface area contributed by atoms with Crippen molar-refractivity contribution in [2.24, 2.45) is 0 Å². The summed E-state index contributed by atoms with van der Waals surface area (Å²) in [4.78, 5) is 0. The number of rotatable bonds is 4. The summed E-state index contributed by atoms with van der Waals surface area (Å²) in [6, 6.07) is 48.1. The van der Waals surface area contributed by atoms with Gasteiger partial charge in [0.1, 0.15) is 11.5 Å². The number of allylic oxidation sites excluding steroid dienone is 3. The molecular weight excluding hydrogens is 583 g/mol. The topological polar surface area (TPSA) is 21.3 Å². The Balaban J connectivity index is 1.14. The largest absolute Gasteiger partial charge is 0.457 e. The highest BCUT2D eigenvalue weighted by molar-refractivity contribution is 5.88. The van der Waals surface area contributed by atoms with E-state index in [1.54, 1.807) is 0 Å². The first-order chi connectivity index (χ1) is 23.5. The van der Waals surface area contributed by atoms with Crippen molar-refractivity contribution in [3.05, 3.63) is 186 Å². The quantitative estimate of drug-likeness (QED) is 0.212. The van der Waals surface area contributed by atoms with E-state index in [1.165, 1.54) is 44.5 Å². The maximum absolute atomic E-state index is 6.34. The average Bonchev–Trinajstić information content (AvgIpc) is 3.33. The molecule has 0 spiro atoms. The molecule has 0 atom stereocenters. The molecule has 2 nitrogen and oxygen atoms in total. The summed E-state index contributed by atoms with van der Waals surface area (Å²) in [6.07, 6.45) is 10.1. The summed E-state index contributed by atoms with van der Waals surface area (Å²) in [5.74, 6) is 1.61. The second-order valence-corrected chi connectivity index (χ2v) is 13.1. The summed E-state index contributed by atoms with van der Waals surface area (Å²) >= 11 is 0. The van der Waals surface area contributed by atoms with Crippen molar-refractivity contribution < 1.29 is 4.74 Å². The molecular formula is C46H37NO. The van der Waals surface area contributed by atoms with Crippen molar-refractivity contribution in [3.8, 4) is 50.3 Å². The van der Waals surface area contributed by atoms with Crippen LogP contribution in [0.1, 0.15) is 36.1 Å². The molecule has 0 bridgehead atoms. The molecule has 1 aliphatic carbocycles. The SMILES string of the molecule is Cc1ccccc1OC1=C/C=C/Nc2ccccc2-c2cc(-c3ccc(-c4ccc5c(c4)C(C)(C)c4ccccc4-5)cc3)ccc2/C=C\1. The highest BCUT2D eigenvalue weighted by atomic mass is 16.5. The first-order valence-electron chi connectivity index (χ1n) is 16.6. The Morgan fingerprint density at radius 2 is 1.19 bits per heavy atom. The summed E-state index contributed by atoms with van der Waals surface area (Å²) < 4.78 is 6.34. The van der Waals surface area contributed by atoms with E-state index in [0.29, 0.717) is 0 Å². The Labute approximate surface area is 283 Å². The monoisotopic (exact) mass is 619 g/mol. The lowest BCUT2D eigenvalue weighted by Gasteiger charge is -2.22. The first kappa shape index (κ1) is 29.5. The predicted octanol–water partition coefficient (Wildman–Crippen LogP) is 12.2. The summed E-state index contributed by atoms with van der Waals surface area (Å²) in [5.41, 5.74) is 15.9. The molecule has 0 saturated carbocycles. The van der Waals surface area contributed by atoms with E-state index in [1.807, 2.05) is 36.6 Å². The summed E-state index contributed by atoms with van der Waals surface area (Å²) in [7, 11) is 0. The van der Waals surface area contributed by atoms with Gasteiger partial charge in [0.25, 0.3) is 0 Å². The molecule has 48 heavy (non-hydrogen) atoms. The van der Waals surface area contributed by atoms with Crippen LogP contribution < -0.4 is 10.1 Å². The van der Waals surface area contributed by atoms with Crippen LogP contribution in [0.2, 0.25) is 0 Å². The molecule has 232 valence electrons. The lowest BCUT2D eigenvalue weighted by Crippen LogP contribution is -2.14. The second kappa shape index (κ2) is 12.1. The molecule has 0 saturated heterocycles. The van der Waals surface area contributed by atoms with Gasteiger partial charge in [0.05, 0.1) is 0 Å². The molecule has 0 aromatic heterocycles. The Kier molecular flexibility index (Phi) is 7.42. The zero-order valence-electron chi connectivity index (χ0n) is 27.5. The fraction of sp³-hybridized carbons (Fsp3) is 0.0870. The van der Waals surface area contributed by atoms with E-state index in [0.717, 1.165) is 39.4 Å². The lowest BCUT2D eigenvalue weighted by molar-refractivity contribution is 0.442. The molecule has 0 amide bonds. The van der Waals surface area contributed by atoms with Gasteiger partial charge in [0.15, 0.2) is 0 Å². The molecule has 6 aromatic carbocycles. The maximum Gasteiger partial charge on any atom is 0.130 e. The van der Waals surface area contributed by atoms with Crippen molar-refractivity contribution in [1.29, 1.82) is 0 Å². The molecule has 2 heteroatoms. The van der Waals surface area contributed by atoms with Crippen LogP contribution in [0, 0.1) is 6.92 Å². The zero-order valence-corrected chi connectivity index (χ0v) is 27.5. The van der Waals surface area contributed by atoms with Crippen LogP contribution in [0.4, 0.5) is 5.69 Å². The maximum atomic E-state index is 6.34. The molecule has 1 heterocycles. The van der Waals surface area contributed by atoms with Gasteiger partial charge >= 0.3 is 0 Å². The van der Waals surface area contributed by atoms with E-state index >= 15 is 0 Å². The Morgan fingerprint density at radius 3 is 2.00 bits per heavy atom. The molecule has 2 aliphatic rings. The van der Waals surface area contributed by atoms with Crippen molar-refractivity contribution >= 4 is 11.8 Å². The number of anilines is 1. The number of ether oxygens (including phenoxy) is 1. The number of para-hydroxylation sites is 2. The number of benzene rings is 6. The van der Waals surface area contributed by atoms with Crippen LogP contribution in [0.3, 0.4) is 0 Å². The van der Waals surface area contributed by atoms with Gasteiger partial charge in [-0.25, -0.2) is 0 Å². The third-order valence-electron chi connectivity index (χ3n) is 9.75. The van der Waals surface area contributed by atoms with Crippen molar-refractivity contribution in [3.63, 3.8) is 0 Å². The van der Waals surface area contributed by atoms with Gasteiger partial charge in [-0.3, -0.25) is 0 Å². The number of nitrogens with one attached hydrogen (secondary N) is 1. The van der Waals surface area contributed by atoms with Crippen molar-refractivity contribution in [1.82, 2.24) is 0 Å². The van der Waals surface area contributed by atoms with E-state index < -0.39 is 0 Å². The third-order valence-corrected chi connectivity index (χ3v) is 9.75. The number of hydrogen-bond acceptors (Lipinski definition) is 2.